The molecule has 0 radical (unpaired) electrons. The predicted octanol–water partition coefficient (Wildman–Crippen LogP) is 1.83. The number of rotatable bonds is 5. The van der Waals surface area contributed by atoms with Crippen LogP contribution in [0.5, 0.6) is 0 Å². The van der Waals surface area contributed by atoms with Crippen LogP contribution in [0.15, 0.2) is 58.3 Å². The van der Waals surface area contributed by atoms with Crippen LogP contribution in [-0.4, -0.2) is 31.3 Å². The predicted molar refractivity (Wildman–Crippen MR) is 86.9 cm³/mol. The lowest BCUT2D eigenvalue weighted by molar-refractivity contribution is 0.0991. The standard InChI is InChI=1S/C15H14N4O4S/c1-16-24(21,22)13-7-6-12(23-13)15(20)19-11-4-2-10(3-5-11)14-17-8-9-18-14/h2-9,16H,1H3,(H,17,18)(H,19,20). The molecule has 0 spiro atoms. The molecule has 0 aliphatic carbocycles. The third-order valence-corrected chi connectivity index (χ3v) is 4.54. The summed E-state index contributed by atoms with van der Waals surface area (Å²) in [5.74, 6) is 0.0815. The summed E-state index contributed by atoms with van der Waals surface area (Å²) in [7, 11) is -2.46. The van der Waals surface area contributed by atoms with Crippen molar-refractivity contribution in [2.45, 2.75) is 5.09 Å². The van der Waals surface area contributed by atoms with Gasteiger partial charge in [0.2, 0.25) is 5.09 Å². The number of hydrogen-bond donors (Lipinski definition) is 3. The molecule has 0 unspecified atom stereocenters. The van der Waals surface area contributed by atoms with Gasteiger partial charge in [0.25, 0.3) is 15.9 Å². The van der Waals surface area contributed by atoms with Crippen molar-refractivity contribution < 1.29 is 17.6 Å². The quantitative estimate of drug-likeness (QED) is 0.651. The van der Waals surface area contributed by atoms with E-state index in [1.165, 1.54) is 19.2 Å². The summed E-state index contributed by atoms with van der Waals surface area (Å²) in [5, 5.41) is 2.32. The number of carbonyl (C=O) groups is 1. The highest BCUT2D eigenvalue weighted by molar-refractivity contribution is 7.89. The van der Waals surface area contributed by atoms with Crippen LogP contribution < -0.4 is 10.0 Å². The molecule has 9 heteroatoms. The van der Waals surface area contributed by atoms with Crippen molar-refractivity contribution in [2.75, 3.05) is 12.4 Å². The Bertz CT molecular complexity index is 944. The topological polar surface area (TPSA) is 117 Å². The van der Waals surface area contributed by atoms with Gasteiger partial charge in [0.15, 0.2) is 5.76 Å². The van der Waals surface area contributed by atoms with E-state index in [1.807, 2.05) is 0 Å². The average Bonchev–Trinajstić information content (AvgIpc) is 3.27. The molecule has 1 aromatic carbocycles. The van der Waals surface area contributed by atoms with Gasteiger partial charge in [0.05, 0.1) is 0 Å². The third-order valence-electron chi connectivity index (χ3n) is 3.25. The summed E-state index contributed by atoms with van der Waals surface area (Å²) in [6.07, 6.45) is 3.37. The number of aromatic amines is 1. The molecule has 0 fully saturated rings. The van der Waals surface area contributed by atoms with Crippen molar-refractivity contribution in [3.05, 3.63) is 54.6 Å². The lowest BCUT2D eigenvalue weighted by Gasteiger charge is -2.04. The molecule has 0 atom stereocenters. The van der Waals surface area contributed by atoms with Crippen LogP contribution >= 0.6 is 0 Å². The van der Waals surface area contributed by atoms with Crippen LogP contribution in [0.4, 0.5) is 5.69 Å². The second-order valence-corrected chi connectivity index (χ2v) is 6.61. The molecule has 3 rings (SSSR count). The molecule has 0 aliphatic heterocycles. The van der Waals surface area contributed by atoms with E-state index in [1.54, 1.807) is 36.7 Å². The van der Waals surface area contributed by atoms with E-state index >= 15 is 0 Å². The van der Waals surface area contributed by atoms with E-state index in [9.17, 15) is 13.2 Å². The van der Waals surface area contributed by atoms with E-state index in [0.717, 1.165) is 11.4 Å². The Morgan fingerprint density at radius 1 is 1.17 bits per heavy atom. The molecule has 24 heavy (non-hydrogen) atoms. The number of imidazole rings is 1. The fourth-order valence-corrected chi connectivity index (χ4v) is 2.66. The minimum atomic E-state index is -3.72. The Labute approximate surface area is 138 Å². The molecule has 0 bridgehead atoms. The monoisotopic (exact) mass is 346 g/mol. The number of anilines is 1. The molecule has 0 aliphatic rings. The molecule has 1 amide bonds. The molecule has 0 saturated carbocycles. The average molecular weight is 346 g/mol. The minimum absolute atomic E-state index is 0.0982. The smallest absolute Gasteiger partial charge is 0.291 e. The summed E-state index contributed by atoms with van der Waals surface area (Å²) < 4.78 is 30.4. The van der Waals surface area contributed by atoms with Gasteiger partial charge < -0.3 is 14.7 Å². The maximum atomic E-state index is 12.1. The number of nitrogens with zero attached hydrogens (tertiary/aromatic N) is 1. The van der Waals surface area contributed by atoms with Gasteiger partial charge in [-0.05, 0) is 43.4 Å². The summed E-state index contributed by atoms with van der Waals surface area (Å²) >= 11 is 0. The Hall–Kier alpha value is -2.91. The number of carbonyl (C=O) groups excluding carboxylic acids is 1. The first-order valence-corrected chi connectivity index (χ1v) is 8.42. The molecule has 124 valence electrons. The van der Waals surface area contributed by atoms with Crippen LogP contribution in [0.1, 0.15) is 10.6 Å². The van der Waals surface area contributed by atoms with Gasteiger partial charge in [-0.25, -0.2) is 18.1 Å². The molecule has 2 heterocycles. The summed E-state index contributed by atoms with van der Waals surface area (Å²) in [4.78, 5) is 19.2. The Morgan fingerprint density at radius 3 is 2.54 bits per heavy atom. The lowest BCUT2D eigenvalue weighted by atomic mass is 10.2. The maximum Gasteiger partial charge on any atom is 0.291 e. The first-order valence-electron chi connectivity index (χ1n) is 6.94. The van der Waals surface area contributed by atoms with Crippen molar-refractivity contribution in [2.24, 2.45) is 0 Å². The SMILES string of the molecule is CNS(=O)(=O)c1ccc(C(=O)Nc2ccc(-c3ncc[nH]3)cc2)o1. The lowest BCUT2D eigenvalue weighted by Crippen LogP contribution is -2.18. The number of sulfonamides is 1. The minimum Gasteiger partial charge on any atom is -0.438 e. The number of H-pyrrole nitrogens is 1. The van der Waals surface area contributed by atoms with Gasteiger partial charge in [-0.3, -0.25) is 4.79 Å². The van der Waals surface area contributed by atoms with Gasteiger partial charge in [-0.2, -0.15) is 0 Å². The maximum absolute atomic E-state index is 12.1. The van der Waals surface area contributed by atoms with Crippen LogP contribution in [0, 0.1) is 0 Å². The molecular weight excluding hydrogens is 332 g/mol. The zero-order valence-electron chi connectivity index (χ0n) is 12.6. The van der Waals surface area contributed by atoms with Crippen molar-refractivity contribution in [3.63, 3.8) is 0 Å². The molecule has 2 aromatic heterocycles. The van der Waals surface area contributed by atoms with Crippen molar-refractivity contribution in [1.82, 2.24) is 14.7 Å². The number of benzene rings is 1. The van der Waals surface area contributed by atoms with E-state index in [2.05, 4.69) is 20.0 Å². The number of furan rings is 1. The number of nitrogens with one attached hydrogen (secondary N) is 3. The van der Waals surface area contributed by atoms with E-state index in [4.69, 9.17) is 4.42 Å². The molecule has 3 aromatic rings. The highest BCUT2D eigenvalue weighted by Gasteiger charge is 2.19. The van der Waals surface area contributed by atoms with Crippen LogP contribution in [-0.2, 0) is 10.0 Å². The highest BCUT2D eigenvalue weighted by atomic mass is 32.2. The van der Waals surface area contributed by atoms with E-state index in [0.29, 0.717) is 5.69 Å². The Morgan fingerprint density at radius 2 is 1.92 bits per heavy atom. The fraction of sp³-hybridized carbons (Fsp3) is 0.0667. The Kier molecular flexibility index (Phi) is 4.19. The number of aromatic nitrogens is 2. The zero-order valence-corrected chi connectivity index (χ0v) is 13.4. The van der Waals surface area contributed by atoms with Crippen molar-refractivity contribution in [3.8, 4) is 11.4 Å². The van der Waals surface area contributed by atoms with Gasteiger partial charge in [-0.1, -0.05) is 0 Å². The van der Waals surface area contributed by atoms with Gasteiger partial charge >= 0.3 is 0 Å². The van der Waals surface area contributed by atoms with Crippen LogP contribution in [0.25, 0.3) is 11.4 Å². The molecular formula is C15H14N4O4S. The van der Waals surface area contributed by atoms with Gasteiger partial charge in [0, 0.05) is 23.6 Å². The molecule has 8 nitrogen and oxygen atoms in total. The zero-order chi connectivity index (χ0) is 17.2. The van der Waals surface area contributed by atoms with E-state index in [-0.39, 0.29) is 10.9 Å². The first-order chi connectivity index (χ1) is 11.5. The first kappa shape index (κ1) is 16.0. The largest absolute Gasteiger partial charge is 0.438 e. The van der Waals surface area contributed by atoms with Crippen molar-refractivity contribution >= 4 is 21.6 Å². The highest BCUT2D eigenvalue weighted by Crippen LogP contribution is 2.19. The van der Waals surface area contributed by atoms with Gasteiger partial charge in [-0.15, -0.1) is 0 Å². The second-order valence-electron chi connectivity index (χ2n) is 4.80. The fourth-order valence-electron chi connectivity index (χ4n) is 2.01. The van der Waals surface area contributed by atoms with Crippen LogP contribution in [0.3, 0.4) is 0 Å². The number of amides is 1. The van der Waals surface area contributed by atoms with Crippen molar-refractivity contribution in [1.29, 1.82) is 0 Å². The summed E-state index contributed by atoms with van der Waals surface area (Å²) in [6.45, 7) is 0. The molecule has 0 saturated heterocycles. The summed E-state index contributed by atoms with van der Waals surface area (Å²) in [6, 6.07) is 9.55. The second kappa shape index (κ2) is 6.30. The Balaban J connectivity index is 1.73. The van der Waals surface area contributed by atoms with E-state index < -0.39 is 15.9 Å². The number of hydrogen-bond acceptors (Lipinski definition) is 5. The normalized spacial score (nSPS) is 11.4. The summed E-state index contributed by atoms with van der Waals surface area (Å²) in [5.41, 5.74) is 1.42. The van der Waals surface area contributed by atoms with Crippen LogP contribution in [0.2, 0.25) is 0 Å². The third kappa shape index (κ3) is 3.21. The van der Waals surface area contributed by atoms with Gasteiger partial charge in [0.1, 0.15) is 5.82 Å². The molecule has 3 N–H and O–H groups in total.